The third-order valence-corrected chi connectivity index (χ3v) is 5.21. The minimum absolute atomic E-state index is 0.115. The molecule has 0 unspecified atom stereocenters. The minimum atomic E-state index is -1.24. The van der Waals surface area contributed by atoms with Gasteiger partial charge in [-0.25, -0.2) is 4.79 Å². The number of hydrogen-bond acceptors (Lipinski definition) is 4. The van der Waals surface area contributed by atoms with Gasteiger partial charge in [0.05, 0.1) is 5.69 Å². The van der Waals surface area contributed by atoms with Gasteiger partial charge in [-0.15, -0.1) is 0 Å². The summed E-state index contributed by atoms with van der Waals surface area (Å²) in [7, 11) is 0. The average molecular weight is 344 g/mol. The summed E-state index contributed by atoms with van der Waals surface area (Å²) in [5.74, 6) is -0.338. The first-order valence-corrected chi connectivity index (χ1v) is 8.77. The highest BCUT2D eigenvalue weighted by atomic mass is 16.2. The number of pyridine rings is 1. The third-order valence-electron chi connectivity index (χ3n) is 5.21. The molecule has 0 radical (unpaired) electrons. The largest absolute Gasteiger partial charge is 0.352 e. The zero-order valence-corrected chi connectivity index (χ0v) is 14.6. The molecule has 1 aliphatic heterocycles. The van der Waals surface area contributed by atoms with E-state index in [0.29, 0.717) is 11.6 Å². The van der Waals surface area contributed by atoms with Crippen molar-refractivity contribution in [3.63, 3.8) is 0 Å². The Labute approximate surface area is 147 Å². The predicted molar refractivity (Wildman–Crippen MR) is 91.4 cm³/mol. The lowest BCUT2D eigenvalue weighted by atomic mass is 9.86. The Morgan fingerprint density at radius 1 is 1.36 bits per heavy atom. The average Bonchev–Trinajstić information content (AvgIpc) is 2.82. The van der Waals surface area contributed by atoms with Gasteiger partial charge in [0, 0.05) is 12.2 Å². The van der Waals surface area contributed by atoms with Crippen LogP contribution in [-0.2, 0) is 15.1 Å². The molecule has 25 heavy (non-hydrogen) atoms. The van der Waals surface area contributed by atoms with Crippen LogP contribution in [0.1, 0.15) is 45.2 Å². The van der Waals surface area contributed by atoms with Gasteiger partial charge < -0.3 is 10.6 Å². The van der Waals surface area contributed by atoms with Gasteiger partial charge in [-0.1, -0.05) is 25.8 Å². The van der Waals surface area contributed by atoms with Crippen LogP contribution >= 0.6 is 0 Å². The lowest BCUT2D eigenvalue weighted by molar-refractivity contribution is -0.135. The van der Waals surface area contributed by atoms with E-state index in [2.05, 4.69) is 22.5 Å². The zero-order chi connectivity index (χ0) is 18.0. The molecule has 2 heterocycles. The molecule has 1 aromatic rings. The summed E-state index contributed by atoms with van der Waals surface area (Å²) in [6, 6.07) is 4.73. The normalized spacial score (nSPS) is 29.4. The van der Waals surface area contributed by atoms with Crippen molar-refractivity contribution in [3.05, 3.63) is 30.1 Å². The molecule has 134 valence electrons. The number of rotatable bonds is 4. The number of aromatic nitrogens is 1. The van der Waals surface area contributed by atoms with Gasteiger partial charge in [0.25, 0.3) is 5.91 Å². The molecular weight excluding hydrogens is 320 g/mol. The van der Waals surface area contributed by atoms with E-state index in [-0.39, 0.29) is 18.5 Å². The fraction of sp³-hybridized carbons (Fsp3) is 0.556. The molecule has 0 aromatic carbocycles. The maximum atomic E-state index is 12.8. The number of hydrogen-bond donors (Lipinski definition) is 2. The number of nitrogens with zero attached hydrogens (tertiary/aromatic N) is 2. The molecule has 1 saturated heterocycles. The van der Waals surface area contributed by atoms with Crippen LogP contribution in [0.4, 0.5) is 4.79 Å². The summed E-state index contributed by atoms with van der Waals surface area (Å²) in [5, 5.41) is 5.63. The first kappa shape index (κ1) is 17.4. The van der Waals surface area contributed by atoms with E-state index in [0.717, 1.165) is 24.2 Å². The first-order valence-electron chi connectivity index (χ1n) is 8.77. The quantitative estimate of drug-likeness (QED) is 0.811. The summed E-state index contributed by atoms with van der Waals surface area (Å²) < 4.78 is 0. The smallest absolute Gasteiger partial charge is 0.325 e. The fourth-order valence-electron chi connectivity index (χ4n) is 3.60. The second-order valence-electron chi connectivity index (χ2n) is 7.10. The van der Waals surface area contributed by atoms with Crippen molar-refractivity contribution in [1.82, 2.24) is 20.5 Å². The second-order valence-corrected chi connectivity index (χ2v) is 7.10. The molecular formula is C18H24N4O3. The summed E-state index contributed by atoms with van der Waals surface area (Å²) in [4.78, 5) is 42.5. The van der Waals surface area contributed by atoms with E-state index in [9.17, 15) is 14.4 Å². The third kappa shape index (κ3) is 3.36. The molecule has 1 aromatic heterocycles. The van der Waals surface area contributed by atoms with Crippen LogP contribution in [0.2, 0.25) is 0 Å². The molecule has 0 bridgehead atoms. The van der Waals surface area contributed by atoms with Gasteiger partial charge in [-0.3, -0.25) is 19.5 Å². The van der Waals surface area contributed by atoms with Gasteiger partial charge in [0.1, 0.15) is 6.54 Å². The molecule has 3 rings (SSSR count). The number of nitrogens with one attached hydrogen (secondary N) is 2. The maximum absolute atomic E-state index is 12.8. The minimum Gasteiger partial charge on any atom is -0.352 e. The van der Waals surface area contributed by atoms with Gasteiger partial charge in [0.15, 0.2) is 5.54 Å². The summed E-state index contributed by atoms with van der Waals surface area (Å²) in [6.07, 6.45) is 5.88. The Balaban J connectivity index is 1.67. The number of amides is 4. The van der Waals surface area contributed by atoms with Crippen LogP contribution in [0.15, 0.2) is 24.4 Å². The number of carbonyl (C=O) groups excluding carboxylic acids is 3. The van der Waals surface area contributed by atoms with Crippen LogP contribution in [0.25, 0.3) is 0 Å². The van der Waals surface area contributed by atoms with Crippen molar-refractivity contribution in [2.45, 2.75) is 51.1 Å². The van der Waals surface area contributed by atoms with Gasteiger partial charge in [-0.05, 0) is 37.8 Å². The van der Waals surface area contributed by atoms with Crippen LogP contribution in [-0.4, -0.2) is 40.3 Å². The van der Waals surface area contributed by atoms with E-state index in [4.69, 9.17) is 0 Å². The zero-order valence-electron chi connectivity index (χ0n) is 14.6. The Bertz CT molecular complexity index is 678. The van der Waals surface area contributed by atoms with Crippen LogP contribution in [0, 0.1) is 5.92 Å². The Morgan fingerprint density at radius 3 is 2.80 bits per heavy atom. The molecule has 7 heteroatoms. The molecule has 7 nitrogen and oxygen atoms in total. The molecule has 2 N–H and O–H groups in total. The summed E-state index contributed by atoms with van der Waals surface area (Å²) in [6.45, 7) is 3.46. The highest BCUT2D eigenvalue weighted by Gasteiger charge is 2.50. The van der Waals surface area contributed by atoms with Gasteiger partial charge >= 0.3 is 6.03 Å². The van der Waals surface area contributed by atoms with Crippen LogP contribution in [0.5, 0.6) is 0 Å². The Kier molecular flexibility index (Phi) is 4.74. The molecule has 0 spiro atoms. The van der Waals surface area contributed by atoms with Crippen molar-refractivity contribution in [2.75, 3.05) is 6.54 Å². The van der Waals surface area contributed by atoms with Crippen molar-refractivity contribution in [2.24, 2.45) is 5.92 Å². The fourth-order valence-corrected chi connectivity index (χ4v) is 3.60. The standard InChI is InChI=1S/C18H24N4O3/c1-12-7-3-4-8-13(12)20-15(23)11-22-16(24)18(2,21-17(22)25)14-9-5-6-10-19-14/h5-6,9-10,12-13H,3-4,7-8,11H2,1-2H3,(H,20,23)(H,21,25)/t12-,13-,18-/m1/s1. The monoisotopic (exact) mass is 344 g/mol. The summed E-state index contributed by atoms with van der Waals surface area (Å²) >= 11 is 0. The Morgan fingerprint density at radius 2 is 2.12 bits per heavy atom. The van der Waals surface area contributed by atoms with Gasteiger partial charge in [0.2, 0.25) is 5.91 Å². The van der Waals surface area contributed by atoms with Crippen LogP contribution < -0.4 is 10.6 Å². The molecule has 3 atom stereocenters. The SMILES string of the molecule is C[C@@H]1CCCC[C@H]1NC(=O)CN1C(=O)N[C@](C)(c2ccccn2)C1=O. The van der Waals surface area contributed by atoms with Crippen molar-refractivity contribution in [1.29, 1.82) is 0 Å². The molecule has 4 amide bonds. The summed E-state index contributed by atoms with van der Waals surface area (Å²) in [5.41, 5.74) is -0.784. The predicted octanol–water partition coefficient (Wildman–Crippen LogP) is 1.54. The van der Waals surface area contributed by atoms with Gasteiger partial charge in [-0.2, -0.15) is 0 Å². The molecule has 2 aliphatic rings. The topological polar surface area (TPSA) is 91.4 Å². The maximum Gasteiger partial charge on any atom is 0.325 e. The van der Waals surface area contributed by atoms with E-state index in [1.807, 2.05) is 0 Å². The number of imide groups is 1. The highest BCUT2D eigenvalue weighted by molar-refractivity contribution is 6.08. The van der Waals surface area contributed by atoms with E-state index in [1.54, 1.807) is 31.3 Å². The lowest BCUT2D eigenvalue weighted by Crippen LogP contribution is -2.47. The molecule has 1 saturated carbocycles. The lowest BCUT2D eigenvalue weighted by Gasteiger charge is -2.30. The number of urea groups is 1. The van der Waals surface area contributed by atoms with Crippen molar-refractivity contribution >= 4 is 17.8 Å². The Hall–Kier alpha value is -2.44. The highest BCUT2D eigenvalue weighted by Crippen LogP contribution is 2.27. The van der Waals surface area contributed by atoms with Crippen LogP contribution in [0.3, 0.4) is 0 Å². The molecule has 1 aliphatic carbocycles. The first-order chi connectivity index (χ1) is 11.9. The van der Waals surface area contributed by atoms with Crippen molar-refractivity contribution < 1.29 is 14.4 Å². The van der Waals surface area contributed by atoms with E-state index < -0.39 is 17.5 Å². The van der Waals surface area contributed by atoms with Crippen molar-refractivity contribution in [3.8, 4) is 0 Å². The number of carbonyl (C=O) groups is 3. The van der Waals surface area contributed by atoms with E-state index >= 15 is 0 Å². The second kappa shape index (κ2) is 6.82. The molecule has 2 fully saturated rings. The van der Waals surface area contributed by atoms with E-state index in [1.165, 1.54) is 6.42 Å².